The van der Waals surface area contributed by atoms with E-state index in [1.807, 2.05) is 61.5 Å². The van der Waals surface area contributed by atoms with Gasteiger partial charge in [-0.2, -0.15) is 8.42 Å². The maximum absolute atomic E-state index is 14.5. The van der Waals surface area contributed by atoms with Crippen molar-refractivity contribution in [2.24, 2.45) is 0 Å². The van der Waals surface area contributed by atoms with E-state index in [0.717, 1.165) is 60.0 Å². The van der Waals surface area contributed by atoms with Crippen LogP contribution in [0.1, 0.15) is 102 Å². The minimum Gasteiger partial charge on any atom is -0.268 e. The average Bonchev–Trinajstić information content (AvgIpc) is 3.16. The maximum Gasteiger partial charge on any atom is 0.296 e. The second-order valence-corrected chi connectivity index (χ2v) is 16.5. The van der Waals surface area contributed by atoms with Crippen LogP contribution in [0.5, 0.6) is 0 Å². The summed E-state index contributed by atoms with van der Waals surface area (Å²) in [6, 6.07) is 30.9. The molecule has 0 saturated heterocycles. The molecule has 270 valence electrons. The molecule has 7 aromatic carbocycles. The monoisotopic (exact) mass is 731 g/mol. The molecule has 8 rings (SSSR count). The van der Waals surface area contributed by atoms with Crippen LogP contribution in [0.15, 0.2) is 102 Å². The minimum atomic E-state index is -3.78. The first-order chi connectivity index (χ1) is 26.0. The summed E-state index contributed by atoms with van der Waals surface area (Å²) >= 11 is 0. The number of imide groups is 1. The number of benzene rings is 7. The quantitative estimate of drug-likeness (QED) is 0.0369. The molecule has 1 heterocycles. The molecule has 0 N–H and O–H groups in total. The van der Waals surface area contributed by atoms with Gasteiger partial charge >= 0.3 is 0 Å². The number of unbranched alkanes of at least 4 members (excludes halogenated alkanes) is 2. The number of carbonyl (C=O) groups is 2. The van der Waals surface area contributed by atoms with Crippen molar-refractivity contribution in [3.63, 3.8) is 0 Å². The fraction of sp³-hybridized carbons (Fsp3) is 0.234. The van der Waals surface area contributed by atoms with E-state index >= 15 is 0 Å². The summed E-state index contributed by atoms with van der Waals surface area (Å²) in [5.41, 5.74) is 5.64. The standard InChI is InChI=1S/C47H41NO5S/c1-28(2)33-13-10-14-34(29(3)4)45(33)48-46(49)40-25-23-38-36-16-11-15-35-31(12-8-6-7-9-27-53-54(51,52)32-20-17-30(5)18-21-32)19-22-37(42(35)36)39-24-26-41(47(48)50)44(40)43(38)39/h10-11,13-26,28-29H,6-7,9,27H2,1-5H3. The third-order valence-electron chi connectivity index (χ3n) is 10.7. The first kappa shape index (κ1) is 35.5. The van der Waals surface area contributed by atoms with Crippen molar-refractivity contribution >= 4 is 70.7 Å². The van der Waals surface area contributed by atoms with E-state index in [4.69, 9.17) is 4.18 Å². The van der Waals surface area contributed by atoms with Crippen LogP contribution < -0.4 is 4.90 Å². The molecule has 0 radical (unpaired) electrons. The lowest BCUT2D eigenvalue weighted by molar-refractivity contribution is 0.0893. The molecule has 0 spiro atoms. The van der Waals surface area contributed by atoms with E-state index in [-0.39, 0.29) is 35.2 Å². The number of carbonyl (C=O) groups excluding carboxylic acids is 2. The van der Waals surface area contributed by atoms with E-state index in [1.54, 1.807) is 24.3 Å². The molecule has 0 aromatic heterocycles. The van der Waals surface area contributed by atoms with Crippen LogP contribution in [-0.4, -0.2) is 26.8 Å². The van der Waals surface area contributed by atoms with Crippen molar-refractivity contribution in [2.75, 3.05) is 11.5 Å². The normalized spacial score (nSPS) is 13.3. The molecule has 7 aromatic rings. The SMILES string of the molecule is Cc1ccc(S(=O)(=O)OCCCCC#Cc2ccc3c4ccc5c6c(ccc(c7cccc2c73)c64)C(=O)N(c2c(C(C)C)cccc2C(C)C)C5=O)cc1. The molecule has 0 fully saturated rings. The van der Waals surface area contributed by atoms with E-state index < -0.39 is 10.1 Å². The first-order valence-electron chi connectivity index (χ1n) is 18.6. The topological polar surface area (TPSA) is 80.8 Å². The Labute approximate surface area is 316 Å². The number of fused-ring (bicyclic) bond motifs is 2. The molecule has 1 aliphatic rings. The zero-order chi connectivity index (χ0) is 37.9. The Balaban J connectivity index is 1.12. The highest BCUT2D eigenvalue weighted by molar-refractivity contribution is 7.86. The lowest BCUT2D eigenvalue weighted by Crippen LogP contribution is -2.41. The van der Waals surface area contributed by atoms with Gasteiger partial charge in [-0.25, -0.2) is 4.90 Å². The van der Waals surface area contributed by atoms with Crippen LogP contribution in [0, 0.1) is 18.8 Å². The second-order valence-electron chi connectivity index (χ2n) is 14.8. The zero-order valence-corrected chi connectivity index (χ0v) is 31.9. The molecular weight excluding hydrogens is 691 g/mol. The highest BCUT2D eigenvalue weighted by Crippen LogP contribution is 2.46. The summed E-state index contributed by atoms with van der Waals surface area (Å²) in [7, 11) is -3.78. The van der Waals surface area contributed by atoms with Crippen molar-refractivity contribution < 1.29 is 22.2 Å². The van der Waals surface area contributed by atoms with Crippen molar-refractivity contribution in [3.05, 3.63) is 130 Å². The molecule has 0 unspecified atom stereocenters. The van der Waals surface area contributed by atoms with Gasteiger partial charge in [-0.1, -0.05) is 112 Å². The Bertz CT molecular complexity index is 2730. The van der Waals surface area contributed by atoms with Crippen LogP contribution in [0.25, 0.3) is 43.1 Å². The molecule has 0 aliphatic carbocycles. The number of hydrogen-bond donors (Lipinski definition) is 0. The number of aryl methyl sites for hydroxylation is 1. The van der Waals surface area contributed by atoms with E-state index in [0.29, 0.717) is 41.5 Å². The number of para-hydroxylation sites is 1. The molecule has 6 nitrogen and oxygen atoms in total. The Hall–Kier alpha value is -5.55. The van der Waals surface area contributed by atoms with Gasteiger partial charge in [0.25, 0.3) is 21.9 Å². The molecule has 54 heavy (non-hydrogen) atoms. The molecule has 1 aliphatic heterocycles. The molecule has 2 amide bonds. The molecule has 0 bridgehead atoms. The first-order valence-corrected chi connectivity index (χ1v) is 20.0. The van der Waals surface area contributed by atoms with Gasteiger partial charge in [-0.3, -0.25) is 13.8 Å². The van der Waals surface area contributed by atoms with E-state index in [9.17, 15) is 18.0 Å². The van der Waals surface area contributed by atoms with Crippen LogP contribution in [-0.2, 0) is 14.3 Å². The number of nitrogens with zero attached hydrogens (tertiary/aromatic N) is 1. The Kier molecular flexibility index (Phi) is 9.00. The number of anilines is 1. The summed E-state index contributed by atoms with van der Waals surface area (Å²) < 4.78 is 30.2. The van der Waals surface area contributed by atoms with Crippen LogP contribution >= 0.6 is 0 Å². The fourth-order valence-electron chi connectivity index (χ4n) is 7.99. The second kappa shape index (κ2) is 13.7. The summed E-state index contributed by atoms with van der Waals surface area (Å²) in [6.45, 7) is 10.4. The zero-order valence-electron chi connectivity index (χ0n) is 31.1. The predicted octanol–water partition coefficient (Wildman–Crippen LogP) is 11.0. The third kappa shape index (κ3) is 5.82. The largest absolute Gasteiger partial charge is 0.296 e. The van der Waals surface area contributed by atoms with Gasteiger partial charge in [0.05, 0.1) is 17.2 Å². The fourth-order valence-corrected chi connectivity index (χ4v) is 8.93. The lowest BCUT2D eigenvalue weighted by atomic mass is 9.83. The summed E-state index contributed by atoms with van der Waals surface area (Å²) in [5, 5.41) is 7.85. The van der Waals surface area contributed by atoms with Gasteiger partial charge < -0.3 is 0 Å². The van der Waals surface area contributed by atoms with Crippen LogP contribution in [0.3, 0.4) is 0 Å². The van der Waals surface area contributed by atoms with Gasteiger partial charge in [0.2, 0.25) is 0 Å². The number of rotatable bonds is 9. The predicted molar refractivity (Wildman–Crippen MR) is 218 cm³/mol. The van der Waals surface area contributed by atoms with Gasteiger partial charge in [0.15, 0.2) is 0 Å². The van der Waals surface area contributed by atoms with Crippen molar-refractivity contribution in [3.8, 4) is 11.8 Å². The van der Waals surface area contributed by atoms with Crippen molar-refractivity contribution in [1.29, 1.82) is 0 Å². The Morgan fingerprint density at radius 1 is 0.630 bits per heavy atom. The van der Waals surface area contributed by atoms with Gasteiger partial charge in [-0.05, 0) is 111 Å². The van der Waals surface area contributed by atoms with Crippen molar-refractivity contribution in [1.82, 2.24) is 0 Å². The van der Waals surface area contributed by atoms with Gasteiger partial charge in [0.1, 0.15) is 0 Å². The molecular formula is C47H41NO5S. The molecule has 0 atom stereocenters. The summed E-state index contributed by atoms with van der Waals surface area (Å²) in [6.07, 6.45) is 1.87. The number of amides is 2. The number of hydrogen-bond acceptors (Lipinski definition) is 5. The Morgan fingerprint density at radius 2 is 1.19 bits per heavy atom. The van der Waals surface area contributed by atoms with Gasteiger partial charge in [0, 0.05) is 28.5 Å². The van der Waals surface area contributed by atoms with Crippen molar-refractivity contribution in [2.45, 2.75) is 70.6 Å². The molecule has 7 heteroatoms. The van der Waals surface area contributed by atoms with Gasteiger partial charge in [-0.15, -0.1) is 0 Å². The Morgan fingerprint density at radius 3 is 1.81 bits per heavy atom. The maximum atomic E-state index is 14.5. The molecule has 0 saturated carbocycles. The highest BCUT2D eigenvalue weighted by Gasteiger charge is 2.38. The minimum absolute atomic E-state index is 0.104. The third-order valence-corrected chi connectivity index (χ3v) is 12.0. The van der Waals surface area contributed by atoms with E-state index in [2.05, 4.69) is 57.7 Å². The highest BCUT2D eigenvalue weighted by atomic mass is 32.2. The van der Waals surface area contributed by atoms with Crippen LogP contribution in [0.4, 0.5) is 5.69 Å². The summed E-state index contributed by atoms with van der Waals surface area (Å²) in [4.78, 5) is 30.6. The smallest absolute Gasteiger partial charge is 0.268 e. The van der Waals surface area contributed by atoms with Crippen LogP contribution in [0.2, 0.25) is 0 Å². The summed E-state index contributed by atoms with van der Waals surface area (Å²) in [5.74, 6) is 6.32. The van der Waals surface area contributed by atoms with E-state index in [1.165, 1.54) is 4.90 Å². The average molecular weight is 732 g/mol. The lowest BCUT2D eigenvalue weighted by Gasteiger charge is -2.32.